The first kappa shape index (κ1) is 15.4. The van der Waals surface area contributed by atoms with E-state index in [1.54, 1.807) is 0 Å². The van der Waals surface area contributed by atoms with E-state index in [0.29, 0.717) is 6.04 Å². The van der Waals surface area contributed by atoms with Gasteiger partial charge in [0.25, 0.3) is 0 Å². The number of hydrogen-bond donors (Lipinski definition) is 1. The lowest BCUT2D eigenvalue weighted by molar-refractivity contribution is 0.881. The largest absolute Gasteiger partial charge is 0.378 e. The molecule has 0 heterocycles. The van der Waals surface area contributed by atoms with Gasteiger partial charge >= 0.3 is 0 Å². The average molecular weight is 282 g/mol. The highest BCUT2D eigenvalue weighted by molar-refractivity contribution is 5.62. The van der Waals surface area contributed by atoms with E-state index in [9.17, 15) is 0 Å². The summed E-state index contributed by atoms with van der Waals surface area (Å²) in [6, 6.07) is 13.5. The van der Waals surface area contributed by atoms with Gasteiger partial charge in [-0.1, -0.05) is 24.3 Å². The number of nitrogens with zero attached hydrogens (tertiary/aromatic N) is 1. The van der Waals surface area contributed by atoms with Gasteiger partial charge in [-0.25, -0.2) is 0 Å². The molecule has 0 radical (unpaired) electrons. The van der Waals surface area contributed by atoms with Gasteiger partial charge in [0.05, 0.1) is 0 Å². The van der Waals surface area contributed by atoms with Crippen LogP contribution in [0.2, 0.25) is 0 Å². The Balaban J connectivity index is 2.21. The van der Waals surface area contributed by atoms with E-state index in [-0.39, 0.29) is 0 Å². The highest BCUT2D eigenvalue weighted by Crippen LogP contribution is 2.26. The molecule has 2 nitrogen and oxygen atoms in total. The SMILES string of the molecule is Cc1ccc(C(C)Nc2ccc(C)c(N(C)C)c2)cc1C. The van der Waals surface area contributed by atoms with Crippen molar-refractivity contribution in [2.75, 3.05) is 24.3 Å². The number of benzene rings is 2. The molecule has 2 aromatic rings. The van der Waals surface area contributed by atoms with Crippen LogP contribution in [-0.4, -0.2) is 14.1 Å². The molecule has 2 rings (SSSR count). The first-order valence-electron chi connectivity index (χ1n) is 7.50. The lowest BCUT2D eigenvalue weighted by atomic mass is 10.0. The third kappa shape index (κ3) is 3.57. The molecular weight excluding hydrogens is 256 g/mol. The maximum Gasteiger partial charge on any atom is 0.0485 e. The summed E-state index contributed by atoms with van der Waals surface area (Å²) in [5, 5.41) is 3.60. The summed E-state index contributed by atoms with van der Waals surface area (Å²) < 4.78 is 0. The van der Waals surface area contributed by atoms with E-state index in [1.165, 1.54) is 27.9 Å². The quantitative estimate of drug-likeness (QED) is 0.862. The van der Waals surface area contributed by atoms with Gasteiger partial charge in [0.1, 0.15) is 0 Å². The van der Waals surface area contributed by atoms with Crippen molar-refractivity contribution in [1.29, 1.82) is 0 Å². The van der Waals surface area contributed by atoms with E-state index in [2.05, 4.69) is 88.4 Å². The highest BCUT2D eigenvalue weighted by atomic mass is 15.1. The molecule has 0 saturated heterocycles. The fraction of sp³-hybridized carbons (Fsp3) is 0.368. The Hall–Kier alpha value is -1.96. The van der Waals surface area contributed by atoms with Gasteiger partial charge in [-0.15, -0.1) is 0 Å². The minimum absolute atomic E-state index is 0.294. The van der Waals surface area contributed by atoms with Crippen LogP contribution in [0.1, 0.15) is 35.2 Å². The smallest absolute Gasteiger partial charge is 0.0485 e. The van der Waals surface area contributed by atoms with Crippen LogP contribution in [0, 0.1) is 20.8 Å². The van der Waals surface area contributed by atoms with Crippen molar-refractivity contribution in [1.82, 2.24) is 0 Å². The van der Waals surface area contributed by atoms with Gasteiger partial charge in [-0.2, -0.15) is 0 Å². The van der Waals surface area contributed by atoms with Crippen LogP contribution in [-0.2, 0) is 0 Å². The van der Waals surface area contributed by atoms with E-state index < -0.39 is 0 Å². The van der Waals surface area contributed by atoms with Crippen LogP contribution in [0.5, 0.6) is 0 Å². The maximum absolute atomic E-state index is 3.60. The summed E-state index contributed by atoms with van der Waals surface area (Å²) in [5.41, 5.74) is 7.73. The Labute approximate surface area is 128 Å². The molecule has 2 heteroatoms. The fourth-order valence-electron chi connectivity index (χ4n) is 2.55. The molecule has 0 spiro atoms. The third-order valence-electron chi connectivity index (χ3n) is 4.11. The minimum Gasteiger partial charge on any atom is -0.378 e. The summed E-state index contributed by atoms with van der Waals surface area (Å²) in [5.74, 6) is 0. The second-order valence-corrected chi connectivity index (χ2v) is 6.11. The van der Waals surface area contributed by atoms with Crippen molar-refractivity contribution >= 4 is 11.4 Å². The predicted molar refractivity (Wildman–Crippen MR) is 93.5 cm³/mol. The zero-order valence-electron chi connectivity index (χ0n) is 14.0. The fourth-order valence-corrected chi connectivity index (χ4v) is 2.55. The van der Waals surface area contributed by atoms with Gasteiger partial charge < -0.3 is 10.2 Å². The van der Waals surface area contributed by atoms with Crippen molar-refractivity contribution in [3.8, 4) is 0 Å². The van der Waals surface area contributed by atoms with Crippen molar-refractivity contribution in [3.05, 3.63) is 58.7 Å². The topological polar surface area (TPSA) is 15.3 Å². The van der Waals surface area contributed by atoms with Crippen LogP contribution >= 0.6 is 0 Å². The second kappa shape index (κ2) is 6.21. The number of hydrogen-bond acceptors (Lipinski definition) is 2. The van der Waals surface area contributed by atoms with Crippen molar-refractivity contribution in [2.24, 2.45) is 0 Å². The van der Waals surface area contributed by atoms with E-state index in [1.807, 2.05) is 0 Å². The Morgan fingerprint density at radius 2 is 1.52 bits per heavy atom. The third-order valence-corrected chi connectivity index (χ3v) is 4.11. The summed E-state index contributed by atoms with van der Waals surface area (Å²) in [7, 11) is 4.16. The predicted octanol–water partition coefficient (Wildman–Crippen LogP) is 4.85. The second-order valence-electron chi connectivity index (χ2n) is 6.11. The Bertz CT molecular complexity index is 629. The Morgan fingerprint density at radius 1 is 0.857 bits per heavy atom. The average Bonchev–Trinajstić information content (AvgIpc) is 2.43. The van der Waals surface area contributed by atoms with Gasteiger partial charge in [-0.05, 0) is 62.1 Å². The first-order chi connectivity index (χ1) is 9.88. The van der Waals surface area contributed by atoms with Crippen molar-refractivity contribution in [3.63, 3.8) is 0 Å². The molecule has 0 saturated carbocycles. The summed E-state index contributed by atoms with van der Waals surface area (Å²) in [6.45, 7) is 8.67. The molecule has 0 bridgehead atoms. The summed E-state index contributed by atoms with van der Waals surface area (Å²) in [4.78, 5) is 2.15. The molecule has 1 unspecified atom stereocenters. The van der Waals surface area contributed by atoms with E-state index >= 15 is 0 Å². The van der Waals surface area contributed by atoms with Crippen LogP contribution < -0.4 is 10.2 Å². The minimum atomic E-state index is 0.294. The summed E-state index contributed by atoms with van der Waals surface area (Å²) in [6.07, 6.45) is 0. The summed E-state index contributed by atoms with van der Waals surface area (Å²) >= 11 is 0. The highest BCUT2D eigenvalue weighted by Gasteiger charge is 2.08. The molecular formula is C19H26N2. The normalized spacial score (nSPS) is 12.1. The molecule has 0 aliphatic rings. The van der Waals surface area contributed by atoms with Gasteiger partial charge in [0, 0.05) is 31.5 Å². The van der Waals surface area contributed by atoms with Gasteiger partial charge in [0.15, 0.2) is 0 Å². The zero-order valence-corrected chi connectivity index (χ0v) is 14.0. The molecule has 112 valence electrons. The number of rotatable bonds is 4. The lowest BCUT2D eigenvalue weighted by Crippen LogP contribution is -2.12. The number of aryl methyl sites for hydroxylation is 3. The maximum atomic E-state index is 3.60. The molecule has 2 aromatic carbocycles. The van der Waals surface area contributed by atoms with Crippen LogP contribution in [0.3, 0.4) is 0 Å². The molecule has 0 aliphatic heterocycles. The van der Waals surface area contributed by atoms with Crippen LogP contribution in [0.4, 0.5) is 11.4 Å². The van der Waals surface area contributed by atoms with Gasteiger partial charge in [0.2, 0.25) is 0 Å². The molecule has 0 aliphatic carbocycles. The molecule has 1 atom stereocenters. The first-order valence-corrected chi connectivity index (χ1v) is 7.50. The Kier molecular flexibility index (Phi) is 4.56. The van der Waals surface area contributed by atoms with Gasteiger partial charge in [-0.3, -0.25) is 0 Å². The zero-order chi connectivity index (χ0) is 15.6. The van der Waals surface area contributed by atoms with Crippen LogP contribution in [0.25, 0.3) is 0 Å². The van der Waals surface area contributed by atoms with E-state index in [0.717, 1.165) is 5.69 Å². The molecule has 1 N–H and O–H groups in total. The molecule has 0 amide bonds. The number of anilines is 2. The standard InChI is InChI=1S/C19H26N2/c1-13-7-9-17(11-15(13)3)16(4)20-18-10-8-14(2)19(12-18)21(5)6/h7-12,16,20H,1-6H3. The van der Waals surface area contributed by atoms with Crippen molar-refractivity contribution in [2.45, 2.75) is 33.7 Å². The molecule has 0 fully saturated rings. The number of nitrogens with one attached hydrogen (secondary N) is 1. The Morgan fingerprint density at radius 3 is 2.14 bits per heavy atom. The monoisotopic (exact) mass is 282 g/mol. The lowest BCUT2D eigenvalue weighted by Gasteiger charge is -2.20. The van der Waals surface area contributed by atoms with Crippen LogP contribution in [0.15, 0.2) is 36.4 Å². The molecule has 0 aromatic heterocycles. The molecule has 21 heavy (non-hydrogen) atoms. The van der Waals surface area contributed by atoms with E-state index in [4.69, 9.17) is 0 Å². The van der Waals surface area contributed by atoms with Crippen molar-refractivity contribution < 1.29 is 0 Å².